The van der Waals surface area contributed by atoms with Crippen molar-refractivity contribution in [1.82, 2.24) is 15.1 Å². The highest BCUT2D eigenvalue weighted by molar-refractivity contribution is 8.14. The van der Waals surface area contributed by atoms with Crippen molar-refractivity contribution < 1.29 is 23.5 Å². The minimum Gasteiger partial charge on any atom is -0.451 e. The molecular formula is C29H41FN4O4S. The lowest BCUT2D eigenvalue weighted by Gasteiger charge is -2.42. The Labute approximate surface area is 235 Å². The fourth-order valence-electron chi connectivity index (χ4n) is 5.53. The number of likely N-dealkylation sites (tertiary alicyclic amines) is 2. The van der Waals surface area contributed by atoms with Crippen LogP contribution < -0.4 is 5.32 Å². The molecule has 1 unspecified atom stereocenters. The minimum atomic E-state index is -0.848. The molecule has 1 amide bonds. The second kappa shape index (κ2) is 12.5. The molecule has 3 heterocycles. The molecule has 1 aromatic rings. The standard InChI is InChI=1S/C29H41FN4O4S/c1-18(31-5)28(37)38-25(20-12-15-33(16-13-20)29(2,3)4)27(36)34-14-6-7-23(34)26-32-22(17-39-26)24(35)19-8-10-21(30)11-9-19/h8-11,18,20,22-23,25,31H,6-7,12-17H2,1-5H3/t18-,22?,23-,25-/m0/s1. The van der Waals surface area contributed by atoms with Crippen molar-refractivity contribution in [2.75, 3.05) is 32.4 Å². The third kappa shape index (κ3) is 6.89. The van der Waals surface area contributed by atoms with Crippen molar-refractivity contribution in [3.63, 3.8) is 0 Å². The van der Waals surface area contributed by atoms with E-state index in [4.69, 9.17) is 9.73 Å². The lowest BCUT2D eigenvalue weighted by molar-refractivity contribution is -0.166. The molecule has 39 heavy (non-hydrogen) atoms. The van der Waals surface area contributed by atoms with Gasteiger partial charge in [0.15, 0.2) is 11.9 Å². The summed E-state index contributed by atoms with van der Waals surface area (Å²) in [7, 11) is 1.69. The van der Waals surface area contributed by atoms with E-state index < -0.39 is 24.2 Å². The lowest BCUT2D eigenvalue weighted by atomic mass is 9.88. The molecule has 214 valence electrons. The molecule has 10 heteroatoms. The van der Waals surface area contributed by atoms with Crippen LogP contribution in [0.2, 0.25) is 0 Å². The average molecular weight is 561 g/mol. The maximum atomic E-state index is 14.1. The first-order chi connectivity index (χ1) is 18.5. The van der Waals surface area contributed by atoms with Crippen LogP contribution in [0.25, 0.3) is 0 Å². The summed E-state index contributed by atoms with van der Waals surface area (Å²) >= 11 is 1.50. The minimum absolute atomic E-state index is 0.0432. The molecule has 8 nitrogen and oxygen atoms in total. The van der Waals surface area contributed by atoms with Gasteiger partial charge in [-0.2, -0.15) is 0 Å². The fraction of sp³-hybridized carbons (Fsp3) is 0.655. The molecule has 2 saturated heterocycles. The number of piperidine rings is 1. The predicted octanol–water partition coefficient (Wildman–Crippen LogP) is 3.54. The number of amides is 1. The van der Waals surface area contributed by atoms with Gasteiger partial charge in [-0.15, -0.1) is 11.8 Å². The second-order valence-electron chi connectivity index (χ2n) is 11.7. The Hall–Kier alpha value is -2.30. The van der Waals surface area contributed by atoms with Crippen LogP contribution in [0.15, 0.2) is 29.3 Å². The van der Waals surface area contributed by atoms with E-state index in [0.29, 0.717) is 17.9 Å². The SMILES string of the molecule is CN[C@@H](C)C(=O)O[C@H](C(=O)N1CCC[C@H]1C1=NC(C(=O)c2ccc(F)cc2)CS1)C1CCN(C(C)(C)C)CC1. The van der Waals surface area contributed by atoms with Gasteiger partial charge in [0.05, 0.1) is 11.1 Å². The summed E-state index contributed by atoms with van der Waals surface area (Å²) in [6.07, 6.45) is 2.28. The smallest absolute Gasteiger partial charge is 0.323 e. The van der Waals surface area contributed by atoms with E-state index in [1.165, 1.54) is 36.0 Å². The summed E-state index contributed by atoms with van der Waals surface area (Å²) in [5.74, 6) is -0.696. The molecule has 1 N–H and O–H groups in total. The Morgan fingerprint density at radius 2 is 1.77 bits per heavy atom. The van der Waals surface area contributed by atoms with Crippen LogP contribution in [0.5, 0.6) is 0 Å². The van der Waals surface area contributed by atoms with Gasteiger partial charge in [-0.3, -0.25) is 24.3 Å². The number of esters is 1. The molecule has 1 aromatic carbocycles. The molecule has 2 fully saturated rings. The van der Waals surface area contributed by atoms with Crippen molar-refractivity contribution in [1.29, 1.82) is 0 Å². The summed E-state index contributed by atoms with van der Waals surface area (Å²) in [6.45, 7) is 10.5. The molecule has 0 aromatic heterocycles. The summed E-state index contributed by atoms with van der Waals surface area (Å²) in [5, 5.41) is 3.69. The van der Waals surface area contributed by atoms with Crippen molar-refractivity contribution in [2.24, 2.45) is 10.9 Å². The van der Waals surface area contributed by atoms with Crippen molar-refractivity contribution >= 4 is 34.5 Å². The molecule has 4 atom stereocenters. The lowest BCUT2D eigenvalue weighted by Crippen LogP contribution is -2.53. The van der Waals surface area contributed by atoms with Crippen LogP contribution in [0.1, 0.15) is 63.7 Å². The number of carbonyl (C=O) groups is 3. The highest BCUT2D eigenvalue weighted by Crippen LogP contribution is 2.33. The van der Waals surface area contributed by atoms with Crippen molar-refractivity contribution in [2.45, 2.75) is 83.1 Å². The number of nitrogens with one attached hydrogen (secondary N) is 1. The number of thioether (sulfide) groups is 1. The van der Waals surface area contributed by atoms with Gasteiger partial charge in [0, 0.05) is 29.3 Å². The van der Waals surface area contributed by atoms with E-state index >= 15 is 0 Å². The van der Waals surface area contributed by atoms with E-state index in [2.05, 4.69) is 31.0 Å². The quantitative estimate of drug-likeness (QED) is 0.384. The molecule has 3 aliphatic heterocycles. The van der Waals surface area contributed by atoms with Gasteiger partial charge >= 0.3 is 5.97 Å². The number of benzene rings is 1. The van der Waals surface area contributed by atoms with Crippen LogP contribution in [0, 0.1) is 11.7 Å². The normalized spacial score (nSPS) is 24.4. The summed E-state index contributed by atoms with van der Waals surface area (Å²) in [5.41, 5.74) is 0.472. The first-order valence-corrected chi connectivity index (χ1v) is 14.9. The number of carbonyl (C=O) groups excluding carboxylic acids is 3. The highest BCUT2D eigenvalue weighted by Gasteiger charge is 2.44. The van der Waals surface area contributed by atoms with Gasteiger partial charge in [-0.1, -0.05) is 0 Å². The van der Waals surface area contributed by atoms with E-state index in [-0.39, 0.29) is 35.0 Å². The number of ketones is 1. The van der Waals surface area contributed by atoms with Crippen LogP contribution >= 0.6 is 11.8 Å². The maximum absolute atomic E-state index is 14.1. The summed E-state index contributed by atoms with van der Waals surface area (Å²) in [6, 6.07) is 4.22. The Morgan fingerprint density at radius 3 is 2.38 bits per heavy atom. The number of ether oxygens (including phenoxy) is 1. The van der Waals surface area contributed by atoms with Gasteiger partial charge in [-0.05, 0) is 97.8 Å². The highest BCUT2D eigenvalue weighted by atomic mass is 32.2. The zero-order valence-electron chi connectivity index (χ0n) is 23.6. The van der Waals surface area contributed by atoms with Crippen LogP contribution in [0.4, 0.5) is 4.39 Å². The van der Waals surface area contributed by atoms with E-state index in [1.807, 2.05) is 4.90 Å². The Morgan fingerprint density at radius 1 is 1.10 bits per heavy atom. The number of halogens is 1. The maximum Gasteiger partial charge on any atom is 0.323 e. The van der Waals surface area contributed by atoms with Crippen molar-refractivity contribution in [3.05, 3.63) is 35.6 Å². The Balaban J connectivity index is 1.50. The zero-order valence-corrected chi connectivity index (χ0v) is 24.4. The van der Waals surface area contributed by atoms with Gasteiger partial charge in [-0.25, -0.2) is 4.39 Å². The number of Topliss-reactive ketones (excluding diaryl/α,β-unsaturated/α-hetero) is 1. The fourth-order valence-corrected chi connectivity index (χ4v) is 6.73. The number of hydrogen-bond acceptors (Lipinski definition) is 8. The van der Waals surface area contributed by atoms with Gasteiger partial charge < -0.3 is 15.0 Å². The number of nitrogens with zero attached hydrogens (tertiary/aromatic N) is 3. The van der Waals surface area contributed by atoms with E-state index in [9.17, 15) is 18.8 Å². The summed E-state index contributed by atoms with van der Waals surface area (Å²) in [4.78, 5) is 48.8. The third-order valence-corrected chi connectivity index (χ3v) is 9.27. The average Bonchev–Trinajstić information content (AvgIpc) is 3.60. The van der Waals surface area contributed by atoms with Gasteiger partial charge in [0.1, 0.15) is 17.9 Å². The van der Waals surface area contributed by atoms with Crippen LogP contribution in [-0.4, -0.2) is 94.7 Å². The first-order valence-electron chi connectivity index (χ1n) is 13.9. The molecule has 4 rings (SSSR count). The molecule has 0 saturated carbocycles. The second-order valence-corrected chi connectivity index (χ2v) is 12.8. The molecule has 0 aliphatic carbocycles. The number of rotatable bonds is 8. The van der Waals surface area contributed by atoms with Crippen LogP contribution in [0.3, 0.4) is 0 Å². The zero-order chi connectivity index (χ0) is 28.3. The summed E-state index contributed by atoms with van der Waals surface area (Å²) < 4.78 is 19.2. The first kappa shape index (κ1) is 29.7. The molecular weight excluding hydrogens is 519 g/mol. The predicted molar refractivity (Wildman–Crippen MR) is 152 cm³/mol. The van der Waals surface area contributed by atoms with Gasteiger partial charge in [0.25, 0.3) is 5.91 Å². The number of hydrogen-bond donors (Lipinski definition) is 1. The van der Waals surface area contributed by atoms with E-state index in [1.54, 1.807) is 14.0 Å². The van der Waals surface area contributed by atoms with E-state index in [0.717, 1.165) is 43.8 Å². The largest absolute Gasteiger partial charge is 0.451 e. The van der Waals surface area contributed by atoms with Crippen molar-refractivity contribution in [3.8, 4) is 0 Å². The van der Waals surface area contributed by atoms with Gasteiger partial charge in [0.2, 0.25) is 0 Å². The monoisotopic (exact) mass is 560 g/mol. The molecule has 0 bridgehead atoms. The topological polar surface area (TPSA) is 91.3 Å². The third-order valence-electron chi connectivity index (χ3n) is 8.11. The number of aliphatic imine (C=N–C) groups is 1. The Bertz CT molecular complexity index is 1080. The van der Waals surface area contributed by atoms with Crippen LogP contribution in [-0.2, 0) is 14.3 Å². The molecule has 0 spiro atoms. The Kier molecular flexibility index (Phi) is 9.49. The molecule has 0 radical (unpaired) electrons. The molecule has 3 aliphatic rings. The number of likely N-dealkylation sites (N-methyl/N-ethyl adjacent to an activating group) is 1.